The molecule has 0 aliphatic heterocycles. The molecule has 98 valence electrons. The van der Waals surface area contributed by atoms with E-state index in [4.69, 9.17) is 17.3 Å². The Kier molecular flexibility index (Phi) is 4.49. The number of nitrogens with zero attached hydrogens (tertiary/aromatic N) is 1. The van der Waals surface area contributed by atoms with E-state index in [0.717, 1.165) is 12.5 Å². The number of carbonyl (C=O) groups excluding carboxylic acids is 1. The Labute approximate surface area is 109 Å². The van der Waals surface area contributed by atoms with Crippen molar-refractivity contribution in [2.24, 2.45) is 0 Å². The van der Waals surface area contributed by atoms with Gasteiger partial charge >= 0.3 is 0 Å². The monoisotopic (exact) mass is 271 g/mol. The van der Waals surface area contributed by atoms with E-state index < -0.39 is 10.8 Å². The second kappa shape index (κ2) is 5.68. The number of halogens is 1. The number of benzene rings is 1. The summed E-state index contributed by atoms with van der Waals surface area (Å²) in [5.74, 6) is -0.408. The van der Waals surface area contributed by atoms with E-state index in [1.165, 1.54) is 6.07 Å². The minimum Gasteiger partial charge on any atom is -0.392 e. The second-order valence-electron chi connectivity index (χ2n) is 3.93. The van der Waals surface area contributed by atoms with Gasteiger partial charge in [0.25, 0.3) is 11.6 Å². The van der Waals surface area contributed by atoms with Crippen molar-refractivity contribution in [2.45, 2.75) is 26.3 Å². The van der Waals surface area contributed by atoms with Crippen LogP contribution in [0.25, 0.3) is 0 Å². The van der Waals surface area contributed by atoms with E-state index in [1.807, 2.05) is 13.8 Å². The topological polar surface area (TPSA) is 98.3 Å². The van der Waals surface area contributed by atoms with Gasteiger partial charge in [-0.25, -0.2) is 0 Å². The molecule has 0 heterocycles. The van der Waals surface area contributed by atoms with Crippen molar-refractivity contribution in [1.82, 2.24) is 5.32 Å². The van der Waals surface area contributed by atoms with Crippen LogP contribution < -0.4 is 11.1 Å². The molecule has 1 aromatic rings. The van der Waals surface area contributed by atoms with Crippen LogP contribution >= 0.6 is 11.6 Å². The van der Waals surface area contributed by atoms with Crippen LogP contribution in [0, 0.1) is 10.1 Å². The van der Waals surface area contributed by atoms with Gasteiger partial charge in [0.2, 0.25) is 0 Å². The summed E-state index contributed by atoms with van der Waals surface area (Å²) in [6.45, 7) is 3.76. The molecule has 7 heteroatoms. The Morgan fingerprint density at radius 3 is 2.72 bits per heavy atom. The molecule has 3 N–H and O–H groups in total. The fourth-order valence-electron chi connectivity index (χ4n) is 1.29. The van der Waals surface area contributed by atoms with Crippen LogP contribution in [0.3, 0.4) is 0 Å². The fourth-order valence-corrected chi connectivity index (χ4v) is 1.51. The molecule has 0 aliphatic rings. The molecule has 0 bridgehead atoms. The Morgan fingerprint density at radius 1 is 1.61 bits per heavy atom. The largest absolute Gasteiger partial charge is 0.392 e. The standard InChI is InChI=1S/C11H14ClN3O3/c1-3-6(2)14-11(16)7-4-8(12)10(13)9(5-7)15(17)18/h4-6H,3,13H2,1-2H3,(H,14,16). The zero-order chi connectivity index (χ0) is 13.9. The lowest BCUT2D eigenvalue weighted by Crippen LogP contribution is -2.31. The zero-order valence-corrected chi connectivity index (χ0v) is 10.8. The van der Waals surface area contributed by atoms with Gasteiger partial charge in [-0.3, -0.25) is 14.9 Å². The smallest absolute Gasteiger partial charge is 0.294 e. The number of amides is 1. The minimum atomic E-state index is -0.665. The number of anilines is 1. The molecule has 1 aromatic carbocycles. The molecule has 0 spiro atoms. The molecule has 1 atom stereocenters. The Morgan fingerprint density at radius 2 is 2.22 bits per heavy atom. The highest BCUT2D eigenvalue weighted by Crippen LogP contribution is 2.30. The highest BCUT2D eigenvalue weighted by molar-refractivity contribution is 6.34. The van der Waals surface area contributed by atoms with Gasteiger partial charge in [0.1, 0.15) is 5.69 Å². The van der Waals surface area contributed by atoms with Crippen molar-refractivity contribution in [3.8, 4) is 0 Å². The van der Waals surface area contributed by atoms with Gasteiger partial charge in [-0.15, -0.1) is 0 Å². The van der Waals surface area contributed by atoms with E-state index in [9.17, 15) is 14.9 Å². The minimum absolute atomic E-state index is 0.00139. The SMILES string of the molecule is CCC(C)NC(=O)c1cc(Cl)c(N)c([N+](=O)[O-])c1. The van der Waals surface area contributed by atoms with Gasteiger partial charge in [-0.1, -0.05) is 18.5 Å². The summed E-state index contributed by atoms with van der Waals surface area (Å²) in [6.07, 6.45) is 0.760. The normalized spacial score (nSPS) is 11.9. The number of hydrogen-bond donors (Lipinski definition) is 2. The van der Waals surface area contributed by atoms with Crippen molar-refractivity contribution in [3.05, 3.63) is 32.8 Å². The molecule has 0 radical (unpaired) electrons. The maximum absolute atomic E-state index is 11.8. The third kappa shape index (κ3) is 3.10. The lowest BCUT2D eigenvalue weighted by atomic mass is 10.1. The number of nitrogens with one attached hydrogen (secondary N) is 1. The van der Waals surface area contributed by atoms with Crippen LogP contribution in [0.1, 0.15) is 30.6 Å². The molecule has 0 saturated carbocycles. The van der Waals surface area contributed by atoms with Crippen LogP contribution in [0.5, 0.6) is 0 Å². The number of carbonyl (C=O) groups is 1. The molecule has 1 rings (SSSR count). The van der Waals surface area contributed by atoms with Crippen LogP contribution in [0.4, 0.5) is 11.4 Å². The molecule has 0 saturated heterocycles. The van der Waals surface area contributed by atoms with Crippen molar-refractivity contribution in [1.29, 1.82) is 0 Å². The van der Waals surface area contributed by atoms with E-state index in [2.05, 4.69) is 5.32 Å². The lowest BCUT2D eigenvalue weighted by Gasteiger charge is -2.11. The van der Waals surface area contributed by atoms with E-state index in [0.29, 0.717) is 0 Å². The summed E-state index contributed by atoms with van der Waals surface area (Å²) in [4.78, 5) is 21.9. The molecule has 18 heavy (non-hydrogen) atoms. The predicted octanol–water partition coefficient (Wildman–Crippen LogP) is 2.36. The summed E-state index contributed by atoms with van der Waals surface area (Å²) in [6, 6.07) is 2.42. The van der Waals surface area contributed by atoms with Gasteiger partial charge in [0, 0.05) is 17.7 Å². The second-order valence-corrected chi connectivity index (χ2v) is 4.34. The van der Waals surface area contributed by atoms with E-state index >= 15 is 0 Å². The van der Waals surface area contributed by atoms with Crippen molar-refractivity contribution < 1.29 is 9.72 Å². The van der Waals surface area contributed by atoms with Gasteiger partial charge < -0.3 is 11.1 Å². The molecule has 0 aliphatic carbocycles. The average molecular weight is 272 g/mol. The molecule has 1 unspecified atom stereocenters. The van der Waals surface area contributed by atoms with Crippen molar-refractivity contribution in [2.75, 3.05) is 5.73 Å². The quantitative estimate of drug-likeness (QED) is 0.499. The number of nitrogens with two attached hydrogens (primary N) is 1. The molecular weight excluding hydrogens is 258 g/mol. The number of nitro groups is 1. The highest BCUT2D eigenvalue weighted by Gasteiger charge is 2.19. The van der Waals surface area contributed by atoms with Gasteiger partial charge in [0.05, 0.1) is 9.95 Å². The summed E-state index contributed by atoms with van der Waals surface area (Å²) in [5, 5.41) is 13.5. The van der Waals surface area contributed by atoms with Crippen LogP contribution in [0.2, 0.25) is 5.02 Å². The Balaban J connectivity index is 3.11. The van der Waals surface area contributed by atoms with Gasteiger partial charge in [0.15, 0.2) is 0 Å². The summed E-state index contributed by atoms with van der Waals surface area (Å²) < 4.78 is 0. The first-order valence-electron chi connectivity index (χ1n) is 5.41. The van der Waals surface area contributed by atoms with Crippen LogP contribution in [-0.4, -0.2) is 16.9 Å². The molecule has 1 amide bonds. The predicted molar refractivity (Wildman–Crippen MR) is 69.7 cm³/mol. The molecule has 6 nitrogen and oxygen atoms in total. The first-order chi connectivity index (χ1) is 8.36. The maximum Gasteiger partial charge on any atom is 0.294 e. The molecule has 0 aromatic heterocycles. The number of nitrogen functional groups attached to an aromatic ring is 1. The van der Waals surface area contributed by atoms with Crippen LogP contribution in [0.15, 0.2) is 12.1 Å². The van der Waals surface area contributed by atoms with E-state index in [-0.39, 0.29) is 28.0 Å². The number of rotatable bonds is 4. The third-order valence-corrected chi connectivity index (χ3v) is 2.87. The zero-order valence-electron chi connectivity index (χ0n) is 10.1. The first-order valence-corrected chi connectivity index (χ1v) is 5.78. The Bertz CT molecular complexity index is 491. The van der Waals surface area contributed by atoms with Crippen LogP contribution in [-0.2, 0) is 0 Å². The fraction of sp³-hybridized carbons (Fsp3) is 0.364. The summed E-state index contributed by atoms with van der Waals surface area (Å²) in [7, 11) is 0. The molecular formula is C11H14ClN3O3. The maximum atomic E-state index is 11.8. The van der Waals surface area contributed by atoms with Crippen molar-refractivity contribution >= 4 is 28.9 Å². The third-order valence-electron chi connectivity index (χ3n) is 2.56. The van der Waals surface area contributed by atoms with E-state index in [1.54, 1.807) is 0 Å². The molecule has 0 fully saturated rings. The highest BCUT2D eigenvalue weighted by atomic mass is 35.5. The average Bonchev–Trinajstić information content (AvgIpc) is 2.31. The number of hydrogen-bond acceptors (Lipinski definition) is 4. The van der Waals surface area contributed by atoms with Gasteiger partial charge in [-0.2, -0.15) is 0 Å². The lowest BCUT2D eigenvalue weighted by molar-refractivity contribution is -0.383. The number of nitro benzene ring substituents is 1. The Hall–Kier alpha value is -1.82. The van der Waals surface area contributed by atoms with Crippen molar-refractivity contribution in [3.63, 3.8) is 0 Å². The first kappa shape index (κ1) is 14.2. The summed E-state index contributed by atoms with van der Waals surface area (Å²) >= 11 is 5.77. The summed E-state index contributed by atoms with van der Waals surface area (Å²) in [5.41, 5.74) is 5.10. The van der Waals surface area contributed by atoms with Gasteiger partial charge in [-0.05, 0) is 19.4 Å².